The zero-order valence-electron chi connectivity index (χ0n) is 26.1. The van der Waals surface area contributed by atoms with Crippen molar-refractivity contribution in [1.82, 2.24) is 10.6 Å². The van der Waals surface area contributed by atoms with Crippen molar-refractivity contribution in [1.29, 1.82) is 0 Å². The summed E-state index contributed by atoms with van der Waals surface area (Å²) in [4.78, 5) is 25.7. The van der Waals surface area contributed by atoms with Gasteiger partial charge in [0.15, 0.2) is 0 Å². The molecule has 2 aromatic carbocycles. The third kappa shape index (κ3) is 9.58. The number of hydrogen-bond acceptors (Lipinski definition) is 4. The van der Waals surface area contributed by atoms with Gasteiger partial charge in [0.2, 0.25) is 0 Å². The molecule has 0 aromatic heterocycles. The van der Waals surface area contributed by atoms with Gasteiger partial charge in [-0.05, 0) is 96.2 Å². The number of carbonyl (C=O) groups is 2. The molecule has 0 aliphatic heterocycles. The fourth-order valence-electron chi connectivity index (χ4n) is 4.81. The normalized spacial score (nSPS) is 12.3. The van der Waals surface area contributed by atoms with Gasteiger partial charge in [0.1, 0.15) is 5.60 Å². The van der Waals surface area contributed by atoms with Crippen molar-refractivity contribution in [3.63, 3.8) is 0 Å². The van der Waals surface area contributed by atoms with Crippen LogP contribution in [-0.2, 0) is 20.6 Å². The van der Waals surface area contributed by atoms with Crippen molar-refractivity contribution in [3.05, 3.63) is 83.9 Å². The number of nitrogens with one attached hydrogen (secondary N) is 2. The molecule has 2 amide bonds. The number of rotatable bonds is 11. The topological polar surface area (TPSA) is 76.7 Å². The van der Waals surface area contributed by atoms with Crippen molar-refractivity contribution in [2.45, 2.75) is 92.3 Å². The number of amides is 2. The summed E-state index contributed by atoms with van der Waals surface area (Å²) in [6.07, 6.45) is -0.533. The Morgan fingerprint density at radius 3 is 1.57 bits per heavy atom. The van der Waals surface area contributed by atoms with Crippen LogP contribution in [-0.4, -0.2) is 24.4 Å². The van der Waals surface area contributed by atoms with Crippen LogP contribution in [0.4, 0.5) is 9.59 Å². The third-order valence-corrected chi connectivity index (χ3v) is 6.85. The highest BCUT2D eigenvalue weighted by Gasteiger charge is 2.35. The minimum absolute atomic E-state index is 0.161. The van der Waals surface area contributed by atoms with Crippen molar-refractivity contribution in [3.8, 4) is 0 Å². The molecular formula is C34H48N2O4. The summed E-state index contributed by atoms with van der Waals surface area (Å²) in [6, 6.07) is 15.9. The average molecular weight is 549 g/mol. The lowest BCUT2D eigenvalue weighted by Crippen LogP contribution is -2.46. The van der Waals surface area contributed by atoms with E-state index in [0.29, 0.717) is 6.42 Å². The summed E-state index contributed by atoms with van der Waals surface area (Å²) in [5.74, 6) is 0. The molecule has 40 heavy (non-hydrogen) atoms. The minimum atomic E-state index is -0.800. The summed E-state index contributed by atoms with van der Waals surface area (Å²) in [5, 5.41) is 5.96. The van der Waals surface area contributed by atoms with Gasteiger partial charge in [0, 0.05) is 5.41 Å². The molecule has 0 fully saturated rings. The molecule has 0 radical (unpaired) electrons. The lowest BCUT2D eigenvalue weighted by atomic mass is 9.82. The first kappa shape index (κ1) is 32.7. The molecule has 0 saturated carbocycles. The Morgan fingerprint density at radius 1 is 0.725 bits per heavy atom. The van der Waals surface area contributed by atoms with E-state index in [1.807, 2.05) is 118 Å². The summed E-state index contributed by atoms with van der Waals surface area (Å²) in [7, 11) is 0. The molecule has 0 bridgehead atoms. The van der Waals surface area contributed by atoms with E-state index in [1.54, 1.807) is 0 Å². The van der Waals surface area contributed by atoms with Gasteiger partial charge in [-0.3, -0.25) is 0 Å². The Hall–Kier alpha value is -3.54. The van der Waals surface area contributed by atoms with E-state index in [-0.39, 0.29) is 6.61 Å². The first-order valence-electron chi connectivity index (χ1n) is 13.7. The van der Waals surface area contributed by atoms with Gasteiger partial charge in [-0.15, -0.1) is 0 Å². The van der Waals surface area contributed by atoms with Crippen LogP contribution in [0.3, 0.4) is 0 Å². The smallest absolute Gasteiger partial charge is 0.408 e. The molecule has 6 nitrogen and oxygen atoms in total. The highest BCUT2D eigenvalue weighted by atomic mass is 16.6. The largest absolute Gasteiger partial charge is 0.449 e. The third-order valence-electron chi connectivity index (χ3n) is 6.85. The van der Waals surface area contributed by atoms with Crippen LogP contribution in [0.1, 0.15) is 97.9 Å². The summed E-state index contributed by atoms with van der Waals surface area (Å²) < 4.78 is 11.5. The minimum Gasteiger partial charge on any atom is -0.449 e. The van der Waals surface area contributed by atoms with Gasteiger partial charge in [0.05, 0.1) is 17.7 Å². The Labute approximate surface area is 241 Å². The molecule has 0 unspecified atom stereocenters. The lowest BCUT2D eigenvalue weighted by Gasteiger charge is -2.36. The zero-order valence-corrected chi connectivity index (χ0v) is 26.1. The average Bonchev–Trinajstić information content (AvgIpc) is 2.81. The maximum absolute atomic E-state index is 12.9. The second-order valence-electron chi connectivity index (χ2n) is 13.3. The van der Waals surface area contributed by atoms with E-state index in [9.17, 15) is 9.59 Å². The van der Waals surface area contributed by atoms with E-state index >= 15 is 0 Å². The number of carbonyl (C=O) groups excluding carboxylic acids is 2. The second-order valence-corrected chi connectivity index (χ2v) is 13.3. The van der Waals surface area contributed by atoms with Crippen molar-refractivity contribution in [2.24, 2.45) is 5.41 Å². The van der Waals surface area contributed by atoms with E-state index in [1.165, 1.54) is 0 Å². The van der Waals surface area contributed by atoms with Crippen molar-refractivity contribution >= 4 is 23.3 Å². The van der Waals surface area contributed by atoms with Gasteiger partial charge in [0.25, 0.3) is 0 Å². The van der Waals surface area contributed by atoms with Gasteiger partial charge in [-0.1, -0.05) is 74.5 Å². The van der Waals surface area contributed by atoms with E-state index in [2.05, 4.69) is 23.8 Å². The molecular weight excluding hydrogens is 500 g/mol. The first-order valence-corrected chi connectivity index (χ1v) is 13.7. The van der Waals surface area contributed by atoms with Gasteiger partial charge >= 0.3 is 12.2 Å². The van der Waals surface area contributed by atoms with Crippen LogP contribution in [0.2, 0.25) is 0 Å². The maximum atomic E-state index is 12.9. The fraction of sp³-hybridized carbons (Fsp3) is 0.471. The standard InChI is InChI=1S/C34H48N2O4/c1-23(2)25-15-13-17-27(19-25)33(9,10)35-29(37)39-22-31(5,6)21-32(7,8)40-30(38)36-34(11,12)28-18-14-16-26(20-28)24(3)4/h13-20H,1,3,21-22H2,2,4-12H3,(H,35,37)(H,36,38). The van der Waals surface area contributed by atoms with Crippen LogP contribution in [0, 0.1) is 5.41 Å². The first-order chi connectivity index (χ1) is 18.2. The number of ether oxygens (including phenoxy) is 2. The Bertz CT molecular complexity index is 1250. The molecule has 218 valence electrons. The van der Waals surface area contributed by atoms with Crippen LogP contribution in [0.25, 0.3) is 11.1 Å². The molecule has 6 heteroatoms. The highest BCUT2D eigenvalue weighted by molar-refractivity contribution is 5.70. The number of allylic oxidation sites excluding steroid dienone is 2. The summed E-state index contributed by atoms with van der Waals surface area (Å²) >= 11 is 0. The van der Waals surface area contributed by atoms with Crippen LogP contribution in [0.15, 0.2) is 61.7 Å². The Kier molecular flexibility index (Phi) is 10.1. The van der Waals surface area contributed by atoms with Gasteiger partial charge in [-0.2, -0.15) is 0 Å². The molecule has 0 aliphatic carbocycles. The molecule has 2 aromatic rings. The van der Waals surface area contributed by atoms with E-state index in [0.717, 1.165) is 33.4 Å². The summed E-state index contributed by atoms with van der Waals surface area (Å²) in [6.45, 7) is 27.5. The van der Waals surface area contributed by atoms with Gasteiger partial charge in [-0.25, -0.2) is 9.59 Å². The molecule has 0 saturated heterocycles. The van der Waals surface area contributed by atoms with Crippen molar-refractivity contribution in [2.75, 3.05) is 6.61 Å². The maximum Gasteiger partial charge on any atom is 0.408 e. The lowest BCUT2D eigenvalue weighted by molar-refractivity contribution is -0.0132. The molecule has 0 heterocycles. The number of hydrogen-bond donors (Lipinski definition) is 2. The molecule has 2 rings (SSSR count). The fourth-order valence-corrected chi connectivity index (χ4v) is 4.81. The molecule has 0 spiro atoms. The molecule has 0 atom stereocenters. The Balaban J connectivity index is 1.96. The number of alkyl carbamates (subject to hydrolysis) is 2. The SMILES string of the molecule is C=C(C)c1cccc(C(C)(C)NC(=O)OCC(C)(C)CC(C)(C)OC(=O)NC(C)(C)c2cccc(C(=C)C)c2)c1. The Morgan fingerprint density at radius 2 is 1.15 bits per heavy atom. The highest BCUT2D eigenvalue weighted by Crippen LogP contribution is 2.32. The monoisotopic (exact) mass is 548 g/mol. The zero-order chi connectivity index (χ0) is 30.5. The predicted molar refractivity (Wildman–Crippen MR) is 165 cm³/mol. The van der Waals surface area contributed by atoms with Crippen LogP contribution < -0.4 is 10.6 Å². The van der Waals surface area contributed by atoms with Gasteiger partial charge < -0.3 is 20.1 Å². The van der Waals surface area contributed by atoms with E-state index in [4.69, 9.17) is 9.47 Å². The second kappa shape index (κ2) is 12.3. The number of benzene rings is 2. The predicted octanol–water partition coefficient (Wildman–Crippen LogP) is 8.57. The van der Waals surface area contributed by atoms with Crippen LogP contribution in [0.5, 0.6) is 0 Å². The van der Waals surface area contributed by atoms with Crippen LogP contribution >= 0.6 is 0 Å². The van der Waals surface area contributed by atoms with E-state index < -0.39 is 34.3 Å². The molecule has 0 aliphatic rings. The summed E-state index contributed by atoms with van der Waals surface area (Å²) in [5.41, 5.74) is 3.35. The molecule has 2 N–H and O–H groups in total. The quantitative estimate of drug-likeness (QED) is 0.295. The van der Waals surface area contributed by atoms with Crippen molar-refractivity contribution < 1.29 is 19.1 Å².